The number of sulfonamides is 2. The van der Waals surface area contributed by atoms with Gasteiger partial charge < -0.3 is 4.74 Å². The minimum Gasteiger partial charge on any atom is -0.495 e. The molecule has 1 N–H and O–H groups in total. The molecule has 1 heterocycles. The first-order valence-electron chi connectivity index (χ1n) is 8.99. The van der Waals surface area contributed by atoms with Gasteiger partial charge in [-0.2, -0.15) is 0 Å². The number of benzene rings is 2. The van der Waals surface area contributed by atoms with Crippen LogP contribution in [0.3, 0.4) is 0 Å². The molecule has 1 aliphatic rings. The summed E-state index contributed by atoms with van der Waals surface area (Å²) in [5, 5.41) is 0. The number of methoxy groups -OCH3 is 1. The SMILES string of the molecule is CCS(=O)(=O)N1CCCc2cc(NS(=O)(=O)c3cc(C)ccc3OC)ccc21. The maximum atomic E-state index is 12.9. The van der Waals surface area contributed by atoms with Crippen molar-refractivity contribution in [2.24, 2.45) is 0 Å². The zero-order chi connectivity index (χ0) is 20.5. The van der Waals surface area contributed by atoms with E-state index >= 15 is 0 Å². The third-order valence-electron chi connectivity index (χ3n) is 4.72. The van der Waals surface area contributed by atoms with Gasteiger partial charge in [-0.15, -0.1) is 0 Å². The van der Waals surface area contributed by atoms with Crippen LogP contribution in [-0.4, -0.2) is 36.2 Å². The fraction of sp³-hybridized carbons (Fsp3) is 0.368. The summed E-state index contributed by atoms with van der Waals surface area (Å²) < 4.78 is 59.6. The second-order valence-corrected chi connectivity index (χ2v) is 10.5. The standard InChI is InChI=1S/C19H24N2O5S2/c1-4-27(22,23)21-11-5-6-15-13-16(8-9-17(15)21)20-28(24,25)19-12-14(2)7-10-18(19)26-3/h7-10,12-13,20H,4-6,11H2,1-3H3. The van der Waals surface area contributed by atoms with Crippen LogP contribution < -0.4 is 13.8 Å². The predicted molar refractivity (Wildman–Crippen MR) is 110 cm³/mol. The van der Waals surface area contributed by atoms with Gasteiger partial charge in [0.1, 0.15) is 10.6 Å². The minimum absolute atomic E-state index is 0.0218. The second kappa shape index (κ2) is 7.63. The van der Waals surface area contributed by atoms with Crippen LogP contribution in [0.1, 0.15) is 24.5 Å². The van der Waals surface area contributed by atoms with Crippen molar-refractivity contribution < 1.29 is 21.6 Å². The highest BCUT2D eigenvalue weighted by Gasteiger charge is 2.27. The number of fused-ring (bicyclic) bond motifs is 1. The van der Waals surface area contributed by atoms with Crippen LogP contribution in [0.4, 0.5) is 11.4 Å². The Bertz CT molecular complexity index is 1100. The van der Waals surface area contributed by atoms with Crippen molar-refractivity contribution in [3.8, 4) is 5.75 Å². The Kier molecular flexibility index (Phi) is 5.58. The lowest BCUT2D eigenvalue weighted by Gasteiger charge is -2.30. The Morgan fingerprint density at radius 3 is 2.54 bits per heavy atom. The fourth-order valence-electron chi connectivity index (χ4n) is 3.27. The molecule has 7 nitrogen and oxygen atoms in total. The first-order chi connectivity index (χ1) is 13.2. The molecule has 152 valence electrons. The van der Waals surface area contributed by atoms with E-state index in [9.17, 15) is 16.8 Å². The summed E-state index contributed by atoms with van der Waals surface area (Å²) in [6.07, 6.45) is 1.38. The summed E-state index contributed by atoms with van der Waals surface area (Å²) in [4.78, 5) is 0.0582. The Balaban J connectivity index is 1.96. The molecule has 0 saturated carbocycles. The van der Waals surface area contributed by atoms with Crippen molar-refractivity contribution in [2.45, 2.75) is 31.6 Å². The van der Waals surface area contributed by atoms with Crippen molar-refractivity contribution in [3.63, 3.8) is 0 Å². The van der Waals surface area contributed by atoms with E-state index in [1.165, 1.54) is 11.4 Å². The summed E-state index contributed by atoms with van der Waals surface area (Å²) >= 11 is 0. The van der Waals surface area contributed by atoms with Gasteiger partial charge in [0.25, 0.3) is 10.0 Å². The average Bonchev–Trinajstić information content (AvgIpc) is 2.67. The lowest BCUT2D eigenvalue weighted by Crippen LogP contribution is -2.36. The molecule has 2 aromatic carbocycles. The molecular formula is C19H24N2O5S2. The summed E-state index contributed by atoms with van der Waals surface area (Å²) in [5.74, 6) is 0.282. The van der Waals surface area contributed by atoms with Crippen LogP contribution in [0.15, 0.2) is 41.3 Å². The molecule has 0 unspecified atom stereocenters. The lowest BCUT2D eigenvalue weighted by molar-refractivity contribution is 0.402. The van der Waals surface area contributed by atoms with Crippen molar-refractivity contribution in [1.29, 1.82) is 0 Å². The smallest absolute Gasteiger partial charge is 0.265 e. The van der Waals surface area contributed by atoms with Crippen molar-refractivity contribution >= 4 is 31.4 Å². The Morgan fingerprint density at radius 1 is 1.11 bits per heavy atom. The molecule has 0 spiro atoms. The van der Waals surface area contributed by atoms with Gasteiger partial charge in [0.05, 0.1) is 18.6 Å². The van der Waals surface area contributed by atoms with Crippen LogP contribution in [0.25, 0.3) is 0 Å². The van der Waals surface area contributed by atoms with Gasteiger partial charge in [-0.3, -0.25) is 9.03 Å². The van der Waals surface area contributed by atoms with Gasteiger partial charge in [-0.05, 0) is 68.1 Å². The van der Waals surface area contributed by atoms with Crippen molar-refractivity contribution in [1.82, 2.24) is 0 Å². The molecule has 1 aliphatic heterocycles. The van der Waals surface area contributed by atoms with Crippen LogP contribution in [0.5, 0.6) is 5.75 Å². The normalized spacial score (nSPS) is 14.5. The number of hydrogen-bond donors (Lipinski definition) is 1. The molecule has 0 bridgehead atoms. The number of rotatable bonds is 6. The monoisotopic (exact) mass is 424 g/mol. The van der Waals surface area contributed by atoms with Gasteiger partial charge in [0, 0.05) is 12.2 Å². The molecule has 0 amide bonds. The average molecular weight is 425 g/mol. The van der Waals surface area contributed by atoms with Crippen LogP contribution >= 0.6 is 0 Å². The van der Waals surface area contributed by atoms with Gasteiger partial charge in [-0.1, -0.05) is 6.07 Å². The first kappa shape index (κ1) is 20.5. The largest absolute Gasteiger partial charge is 0.495 e. The minimum atomic E-state index is -3.86. The highest BCUT2D eigenvalue weighted by atomic mass is 32.2. The molecule has 0 aliphatic carbocycles. The van der Waals surface area contributed by atoms with E-state index in [0.29, 0.717) is 30.8 Å². The number of aryl methyl sites for hydroxylation is 2. The van der Waals surface area contributed by atoms with E-state index in [-0.39, 0.29) is 16.4 Å². The summed E-state index contributed by atoms with van der Waals surface area (Å²) in [6, 6.07) is 9.89. The van der Waals surface area contributed by atoms with E-state index < -0.39 is 20.0 Å². The zero-order valence-corrected chi connectivity index (χ0v) is 17.7. The van der Waals surface area contributed by atoms with Gasteiger partial charge in [-0.25, -0.2) is 16.8 Å². The summed E-state index contributed by atoms with van der Waals surface area (Å²) in [6.45, 7) is 3.86. The maximum absolute atomic E-state index is 12.9. The molecule has 3 rings (SSSR count). The first-order valence-corrected chi connectivity index (χ1v) is 12.1. The van der Waals surface area contributed by atoms with E-state index in [1.54, 1.807) is 50.2 Å². The quantitative estimate of drug-likeness (QED) is 0.770. The van der Waals surface area contributed by atoms with Gasteiger partial charge in [0.15, 0.2) is 0 Å². The lowest BCUT2D eigenvalue weighted by atomic mass is 10.0. The van der Waals surface area contributed by atoms with Crippen LogP contribution in [0, 0.1) is 6.92 Å². The molecule has 2 aromatic rings. The highest BCUT2D eigenvalue weighted by molar-refractivity contribution is 7.93. The van der Waals surface area contributed by atoms with Crippen LogP contribution in [0.2, 0.25) is 0 Å². The van der Waals surface area contributed by atoms with Gasteiger partial charge in [0.2, 0.25) is 10.0 Å². The third-order valence-corrected chi connectivity index (χ3v) is 7.90. The number of nitrogens with zero attached hydrogens (tertiary/aromatic N) is 1. The molecule has 0 aromatic heterocycles. The Labute approximate surface area is 166 Å². The number of ether oxygens (including phenoxy) is 1. The molecule has 0 saturated heterocycles. The zero-order valence-electron chi connectivity index (χ0n) is 16.1. The Hall–Kier alpha value is -2.26. The molecular weight excluding hydrogens is 400 g/mol. The molecule has 0 radical (unpaired) electrons. The fourth-order valence-corrected chi connectivity index (χ4v) is 5.78. The van der Waals surface area contributed by atoms with Crippen LogP contribution in [-0.2, 0) is 26.5 Å². The molecule has 0 fully saturated rings. The topological polar surface area (TPSA) is 92.8 Å². The molecule has 9 heteroatoms. The Morgan fingerprint density at radius 2 is 1.86 bits per heavy atom. The second-order valence-electron chi connectivity index (χ2n) is 6.68. The summed E-state index contributed by atoms with van der Waals surface area (Å²) in [5.41, 5.74) is 2.61. The predicted octanol–water partition coefficient (Wildman–Crippen LogP) is 2.91. The van der Waals surface area contributed by atoms with E-state index in [2.05, 4.69) is 4.72 Å². The van der Waals surface area contributed by atoms with E-state index in [0.717, 1.165) is 11.1 Å². The maximum Gasteiger partial charge on any atom is 0.265 e. The van der Waals surface area contributed by atoms with E-state index in [4.69, 9.17) is 4.74 Å². The molecule has 0 atom stereocenters. The number of nitrogens with one attached hydrogen (secondary N) is 1. The van der Waals surface area contributed by atoms with Crippen molar-refractivity contribution in [3.05, 3.63) is 47.5 Å². The van der Waals surface area contributed by atoms with E-state index in [1.807, 2.05) is 0 Å². The highest BCUT2D eigenvalue weighted by Crippen LogP contribution is 2.33. The summed E-state index contributed by atoms with van der Waals surface area (Å²) in [7, 11) is -5.80. The number of hydrogen-bond acceptors (Lipinski definition) is 5. The van der Waals surface area contributed by atoms with Crippen molar-refractivity contribution in [2.75, 3.05) is 28.4 Å². The molecule has 28 heavy (non-hydrogen) atoms. The van der Waals surface area contributed by atoms with Gasteiger partial charge >= 0.3 is 0 Å². The third kappa shape index (κ3) is 3.95. The number of anilines is 2.